The number of alkyl halides is 3. The standard InChI is InChI=1S/C20H21F3N6O5S/c1-3-4-14-12-28(35(33,34)15-5-6-16(24-11-15)27-18(30)31)7-8-29(14)17-25-9-13(10-26-17)19(2,32)20(21,22)23/h5-6,9-11,14,32H,7-8,12H2,1-2H3,(H,24,27)(H,30,31)/t14-,19-/m0/s1. The average Bonchev–Trinajstić information content (AvgIpc) is 2.78. The van der Waals surface area contributed by atoms with Crippen LogP contribution in [0.3, 0.4) is 0 Å². The summed E-state index contributed by atoms with van der Waals surface area (Å²) in [5.74, 6) is 5.54. The molecule has 1 aliphatic heterocycles. The number of aromatic nitrogens is 3. The minimum atomic E-state index is -4.93. The van der Waals surface area contributed by atoms with E-state index in [0.717, 1.165) is 18.6 Å². The van der Waals surface area contributed by atoms with Gasteiger partial charge in [-0.15, -0.1) is 5.92 Å². The summed E-state index contributed by atoms with van der Waals surface area (Å²) in [6, 6.07) is 1.72. The molecule has 3 heterocycles. The van der Waals surface area contributed by atoms with Gasteiger partial charge in [0.2, 0.25) is 16.0 Å². The summed E-state index contributed by atoms with van der Waals surface area (Å²) < 4.78 is 66.6. The molecule has 1 fully saturated rings. The first-order valence-electron chi connectivity index (χ1n) is 10.0. The summed E-state index contributed by atoms with van der Waals surface area (Å²) in [5.41, 5.74) is -3.67. The Hall–Kier alpha value is -3.48. The van der Waals surface area contributed by atoms with Crippen LogP contribution in [0.15, 0.2) is 35.6 Å². The van der Waals surface area contributed by atoms with Crippen LogP contribution in [-0.4, -0.2) is 75.8 Å². The van der Waals surface area contributed by atoms with E-state index in [4.69, 9.17) is 5.11 Å². The Morgan fingerprint density at radius 3 is 2.34 bits per heavy atom. The number of sulfonamides is 1. The number of rotatable bonds is 5. The fourth-order valence-corrected chi connectivity index (χ4v) is 4.64. The van der Waals surface area contributed by atoms with E-state index in [-0.39, 0.29) is 36.3 Å². The Kier molecular flexibility index (Phi) is 7.20. The molecule has 0 radical (unpaired) electrons. The van der Waals surface area contributed by atoms with Gasteiger partial charge in [-0.2, -0.15) is 17.5 Å². The molecule has 11 nitrogen and oxygen atoms in total. The van der Waals surface area contributed by atoms with Crippen molar-refractivity contribution < 1.29 is 36.6 Å². The molecule has 15 heteroatoms. The van der Waals surface area contributed by atoms with Gasteiger partial charge >= 0.3 is 12.3 Å². The maximum atomic E-state index is 13.1. The molecule has 0 bridgehead atoms. The topological polar surface area (TPSA) is 149 Å². The predicted octanol–water partition coefficient (Wildman–Crippen LogP) is 1.63. The van der Waals surface area contributed by atoms with Crippen LogP contribution in [0.5, 0.6) is 0 Å². The summed E-state index contributed by atoms with van der Waals surface area (Å²) in [7, 11) is -4.00. The van der Waals surface area contributed by atoms with E-state index < -0.39 is 39.5 Å². The Morgan fingerprint density at radius 1 is 1.17 bits per heavy atom. The van der Waals surface area contributed by atoms with Crippen LogP contribution in [0.2, 0.25) is 0 Å². The van der Waals surface area contributed by atoms with Crippen LogP contribution in [0.4, 0.5) is 29.7 Å². The zero-order valence-electron chi connectivity index (χ0n) is 18.5. The highest BCUT2D eigenvalue weighted by Crippen LogP contribution is 2.38. The monoisotopic (exact) mass is 514 g/mol. The molecular formula is C20H21F3N6O5S. The molecule has 0 aromatic carbocycles. The van der Waals surface area contributed by atoms with Gasteiger partial charge in [-0.3, -0.25) is 5.32 Å². The second kappa shape index (κ2) is 9.64. The van der Waals surface area contributed by atoms with Crippen LogP contribution in [-0.2, 0) is 15.6 Å². The van der Waals surface area contributed by atoms with Gasteiger partial charge in [0.05, 0.1) is 0 Å². The number of amides is 1. The second-order valence-corrected chi connectivity index (χ2v) is 9.56. The van der Waals surface area contributed by atoms with Crippen molar-refractivity contribution in [3.05, 3.63) is 36.3 Å². The fraction of sp³-hybridized carbons (Fsp3) is 0.400. The molecule has 188 valence electrons. The number of halogens is 3. The zero-order valence-corrected chi connectivity index (χ0v) is 19.3. The molecule has 1 saturated heterocycles. The van der Waals surface area contributed by atoms with E-state index in [2.05, 4.69) is 26.8 Å². The first kappa shape index (κ1) is 26.1. The lowest BCUT2D eigenvalue weighted by atomic mass is 9.99. The molecule has 0 saturated carbocycles. The van der Waals surface area contributed by atoms with Crippen molar-refractivity contribution in [2.75, 3.05) is 29.9 Å². The molecule has 3 rings (SSSR count). The number of aliphatic hydroxyl groups is 1. The van der Waals surface area contributed by atoms with Crippen molar-refractivity contribution in [2.24, 2.45) is 0 Å². The van der Waals surface area contributed by atoms with Crippen molar-refractivity contribution in [3.63, 3.8) is 0 Å². The minimum Gasteiger partial charge on any atom is -0.465 e. The fourth-order valence-electron chi connectivity index (χ4n) is 3.26. The molecule has 0 aliphatic carbocycles. The maximum Gasteiger partial charge on any atom is 0.421 e. The third-order valence-electron chi connectivity index (χ3n) is 5.27. The number of hydrogen-bond acceptors (Lipinski definition) is 8. The number of carboxylic acid groups (broad SMARTS) is 1. The highest BCUT2D eigenvalue weighted by atomic mass is 32.2. The van der Waals surface area contributed by atoms with Gasteiger partial charge in [-0.25, -0.2) is 28.2 Å². The summed E-state index contributed by atoms with van der Waals surface area (Å²) in [5, 5.41) is 20.5. The molecule has 2 aromatic rings. The Balaban J connectivity index is 1.81. The van der Waals surface area contributed by atoms with Crippen molar-refractivity contribution in [2.45, 2.75) is 36.6 Å². The normalized spacial score (nSPS) is 18.8. The summed E-state index contributed by atoms with van der Waals surface area (Å²) in [6.45, 7) is 2.13. The highest BCUT2D eigenvalue weighted by Gasteiger charge is 2.51. The van der Waals surface area contributed by atoms with Crippen LogP contribution in [0.25, 0.3) is 0 Å². The number of hydrogen-bond donors (Lipinski definition) is 3. The van der Waals surface area contributed by atoms with Crippen molar-refractivity contribution in [1.29, 1.82) is 0 Å². The predicted molar refractivity (Wildman–Crippen MR) is 117 cm³/mol. The van der Waals surface area contributed by atoms with E-state index in [1.807, 2.05) is 5.32 Å². The number of pyridine rings is 1. The number of nitrogens with one attached hydrogen (secondary N) is 1. The summed E-state index contributed by atoms with van der Waals surface area (Å²) >= 11 is 0. The zero-order chi connectivity index (χ0) is 26.0. The van der Waals surface area contributed by atoms with E-state index in [0.29, 0.717) is 6.92 Å². The van der Waals surface area contributed by atoms with Crippen LogP contribution < -0.4 is 10.2 Å². The molecule has 2 aromatic heterocycles. The van der Waals surface area contributed by atoms with Crippen LogP contribution in [0.1, 0.15) is 19.4 Å². The second-order valence-electron chi connectivity index (χ2n) is 7.62. The first-order valence-corrected chi connectivity index (χ1v) is 11.5. The number of nitrogens with zero attached hydrogens (tertiary/aromatic N) is 5. The van der Waals surface area contributed by atoms with Gasteiger partial charge in [0.15, 0.2) is 5.60 Å². The lowest BCUT2D eigenvalue weighted by molar-refractivity contribution is -0.259. The summed E-state index contributed by atoms with van der Waals surface area (Å²) in [4.78, 5) is 23.8. The van der Waals surface area contributed by atoms with Crippen molar-refractivity contribution in [1.82, 2.24) is 19.3 Å². The number of carbonyl (C=O) groups is 1. The summed E-state index contributed by atoms with van der Waals surface area (Å²) in [6.07, 6.45) is -3.50. The van der Waals surface area contributed by atoms with E-state index >= 15 is 0 Å². The van der Waals surface area contributed by atoms with Gasteiger partial charge in [0, 0.05) is 43.8 Å². The average molecular weight is 514 g/mol. The third-order valence-corrected chi connectivity index (χ3v) is 7.12. The van der Waals surface area contributed by atoms with Gasteiger partial charge in [-0.1, -0.05) is 5.92 Å². The SMILES string of the molecule is CC#C[C@H]1CN(S(=O)(=O)c2ccc(NC(=O)O)nc2)CCN1c1ncc([C@](C)(O)C(F)(F)F)cn1. The first-order chi connectivity index (χ1) is 16.3. The van der Waals surface area contributed by atoms with Gasteiger partial charge in [0.1, 0.15) is 16.8 Å². The van der Waals surface area contributed by atoms with Gasteiger partial charge in [0.25, 0.3) is 0 Å². The Bertz CT molecular complexity index is 1240. The van der Waals surface area contributed by atoms with Crippen LogP contribution in [0, 0.1) is 11.8 Å². The van der Waals surface area contributed by atoms with Crippen LogP contribution >= 0.6 is 0 Å². The number of piperazine rings is 1. The molecule has 0 spiro atoms. The Labute approximate surface area is 198 Å². The lowest BCUT2D eigenvalue weighted by Gasteiger charge is -2.38. The van der Waals surface area contributed by atoms with Crippen molar-refractivity contribution >= 4 is 27.9 Å². The highest BCUT2D eigenvalue weighted by molar-refractivity contribution is 7.89. The molecule has 3 N–H and O–H groups in total. The lowest BCUT2D eigenvalue weighted by Crippen LogP contribution is -2.54. The van der Waals surface area contributed by atoms with E-state index in [9.17, 15) is 31.5 Å². The smallest absolute Gasteiger partial charge is 0.421 e. The molecule has 1 aliphatic rings. The number of anilines is 2. The van der Waals surface area contributed by atoms with Gasteiger partial charge < -0.3 is 15.1 Å². The molecule has 2 atom stereocenters. The molecular weight excluding hydrogens is 493 g/mol. The van der Waals surface area contributed by atoms with E-state index in [1.54, 1.807) is 11.8 Å². The van der Waals surface area contributed by atoms with Crippen molar-refractivity contribution in [3.8, 4) is 11.8 Å². The maximum absolute atomic E-state index is 13.1. The Morgan fingerprint density at radius 2 is 1.83 bits per heavy atom. The van der Waals surface area contributed by atoms with Gasteiger partial charge in [-0.05, 0) is 26.0 Å². The minimum absolute atomic E-state index is 0.00919. The molecule has 1 amide bonds. The third kappa shape index (κ3) is 5.45. The molecule has 0 unspecified atom stereocenters. The van der Waals surface area contributed by atoms with E-state index in [1.165, 1.54) is 16.4 Å². The molecule has 35 heavy (non-hydrogen) atoms. The largest absolute Gasteiger partial charge is 0.465 e. The quantitative estimate of drug-likeness (QED) is 0.506.